The zero-order chi connectivity index (χ0) is 19.0. The minimum absolute atomic E-state index is 0. The Morgan fingerprint density at radius 1 is 1.21 bits per heavy atom. The number of aryl methyl sites for hydroxylation is 2. The fourth-order valence-corrected chi connectivity index (χ4v) is 4.08. The number of hydrogen-bond donors (Lipinski definition) is 1. The lowest BCUT2D eigenvalue weighted by molar-refractivity contribution is -0.0124. The van der Waals surface area contributed by atoms with Crippen LogP contribution in [0.15, 0.2) is 30.5 Å². The van der Waals surface area contributed by atoms with Gasteiger partial charge in [0.05, 0.1) is 17.7 Å². The van der Waals surface area contributed by atoms with Gasteiger partial charge < -0.3 is 9.84 Å². The van der Waals surface area contributed by atoms with Crippen molar-refractivity contribution >= 4 is 18.3 Å². The standard InChI is InChI=1S/C22H26N2O3.ClH/c1-14-9-21-18(11-17(14)10-16-8-7-15(2)23-12-16)22(26)24(13-27-21)19-5-3-4-6-20(19)25;/h7-9,11-12,19-20,25H,3-6,10,13H2,1-2H3;1H/t19-,20-;/m1./s1. The summed E-state index contributed by atoms with van der Waals surface area (Å²) >= 11 is 0. The molecule has 1 aromatic carbocycles. The van der Waals surface area contributed by atoms with Gasteiger partial charge in [0.2, 0.25) is 0 Å². The number of rotatable bonds is 3. The maximum Gasteiger partial charge on any atom is 0.260 e. The Balaban J connectivity index is 0.00000225. The van der Waals surface area contributed by atoms with Crippen LogP contribution in [0.2, 0.25) is 0 Å². The average Bonchev–Trinajstić information content (AvgIpc) is 2.66. The van der Waals surface area contributed by atoms with Crippen molar-refractivity contribution in [2.75, 3.05) is 6.73 Å². The van der Waals surface area contributed by atoms with E-state index in [9.17, 15) is 9.90 Å². The molecule has 6 heteroatoms. The van der Waals surface area contributed by atoms with Crippen LogP contribution in [-0.2, 0) is 6.42 Å². The van der Waals surface area contributed by atoms with Crippen molar-refractivity contribution in [3.8, 4) is 5.75 Å². The molecule has 150 valence electrons. The lowest BCUT2D eigenvalue weighted by Crippen LogP contribution is -2.51. The zero-order valence-electron chi connectivity index (χ0n) is 16.4. The molecule has 1 aliphatic carbocycles. The summed E-state index contributed by atoms with van der Waals surface area (Å²) in [6.45, 7) is 4.23. The highest BCUT2D eigenvalue weighted by molar-refractivity contribution is 5.98. The molecule has 2 aromatic rings. The number of nitrogens with zero attached hydrogens (tertiary/aromatic N) is 2. The molecule has 5 nitrogen and oxygen atoms in total. The number of ether oxygens (including phenoxy) is 1. The highest BCUT2D eigenvalue weighted by Crippen LogP contribution is 2.33. The van der Waals surface area contributed by atoms with Crippen LogP contribution in [0.25, 0.3) is 0 Å². The molecule has 0 radical (unpaired) electrons. The summed E-state index contributed by atoms with van der Waals surface area (Å²) in [5.41, 5.74) is 4.91. The van der Waals surface area contributed by atoms with E-state index in [0.717, 1.165) is 54.5 Å². The van der Waals surface area contributed by atoms with Crippen LogP contribution < -0.4 is 4.74 Å². The molecule has 2 heterocycles. The number of aromatic nitrogens is 1. The van der Waals surface area contributed by atoms with E-state index in [-0.39, 0.29) is 31.1 Å². The van der Waals surface area contributed by atoms with Crippen molar-refractivity contribution in [2.45, 2.75) is 58.1 Å². The molecule has 1 N–H and O–H groups in total. The number of amides is 1. The van der Waals surface area contributed by atoms with Crippen LogP contribution in [-0.4, -0.2) is 39.8 Å². The van der Waals surface area contributed by atoms with Crippen molar-refractivity contribution in [1.82, 2.24) is 9.88 Å². The molecule has 4 rings (SSSR count). The number of carbonyl (C=O) groups excluding carboxylic acids is 1. The van der Waals surface area contributed by atoms with Crippen LogP contribution in [0, 0.1) is 13.8 Å². The Morgan fingerprint density at radius 2 is 2.00 bits per heavy atom. The summed E-state index contributed by atoms with van der Waals surface area (Å²) in [7, 11) is 0. The van der Waals surface area contributed by atoms with Crippen molar-refractivity contribution in [3.63, 3.8) is 0 Å². The number of aliphatic hydroxyl groups excluding tert-OH is 1. The number of aliphatic hydroxyl groups is 1. The van der Waals surface area contributed by atoms with Gasteiger partial charge in [-0.2, -0.15) is 0 Å². The number of benzene rings is 1. The quantitative estimate of drug-likeness (QED) is 0.848. The lowest BCUT2D eigenvalue weighted by Gasteiger charge is -2.39. The second-order valence-electron chi connectivity index (χ2n) is 7.73. The molecule has 1 fully saturated rings. The predicted octanol–water partition coefficient (Wildman–Crippen LogP) is 3.81. The highest BCUT2D eigenvalue weighted by Gasteiger charge is 2.36. The first-order valence-corrected chi connectivity index (χ1v) is 9.70. The molecule has 1 amide bonds. The van der Waals surface area contributed by atoms with Gasteiger partial charge in [-0.3, -0.25) is 14.7 Å². The Hall–Kier alpha value is -2.11. The van der Waals surface area contributed by atoms with Crippen LogP contribution in [0.3, 0.4) is 0 Å². The SMILES string of the molecule is Cc1ccc(Cc2cc3c(cc2C)OCN([C@@H]2CCCC[C@H]2O)C3=O)cn1.Cl. The average molecular weight is 403 g/mol. The molecular formula is C22H27ClN2O3. The van der Waals surface area contributed by atoms with Crippen LogP contribution in [0.1, 0.15) is 58.4 Å². The van der Waals surface area contributed by atoms with Crippen molar-refractivity contribution < 1.29 is 14.6 Å². The van der Waals surface area contributed by atoms with Gasteiger partial charge >= 0.3 is 0 Å². The van der Waals surface area contributed by atoms with Gasteiger partial charge in [-0.15, -0.1) is 12.4 Å². The number of carbonyl (C=O) groups is 1. The topological polar surface area (TPSA) is 62.7 Å². The Morgan fingerprint density at radius 3 is 2.71 bits per heavy atom. The number of fused-ring (bicyclic) bond motifs is 1. The van der Waals surface area contributed by atoms with Crippen LogP contribution in [0.4, 0.5) is 0 Å². The van der Waals surface area contributed by atoms with E-state index in [1.165, 1.54) is 0 Å². The predicted molar refractivity (Wildman–Crippen MR) is 110 cm³/mol. The smallest absolute Gasteiger partial charge is 0.260 e. The molecule has 1 aliphatic heterocycles. The van der Waals surface area contributed by atoms with E-state index in [0.29, 0.717) is 11.3 Å². The first-order chi connectivity index (χ1) is 13.0. The van der Waals surface area contributed by atoms with Crippen molar-refractivity contribution in [2.24, 2.45) is 0 Å². The van der Waals surface area contributed by atoms with E-state index < -0.39 is 6.10 Å². The van der Waals surface area contributed by atoms with Gasteiger partial charge in [-0.05, 0) is 68.0 Å². The molecule has 0 spiro atoms. The maximum atomic E-state index is 13.1. The van der Waals surface area contributed by atoms with Crippen molar-refractivity contribution in [1.29, 1.82) is 0 Å². The molecular weight excluding hydrogens is 376 g/mol. The third kappa shape index (κ3) is 4.01. The van der Waals surface area contributed by atoms with E-state index in [2.05, 4.69) is 11.1 Å². The van der Waals surface area contributed by atoms with E-state index >= 15 is 0 Å². The Bertz CT molecular complexity index is 854. The fourth-order valence-electron chi connectivity index (χ4n) is 4.08. The summed E-state index contributed by atoms with van der Waals surface area (Å²) in [6, 6.07) is 7.84. The van der Waals surface area contributed by atoms with Gasteiger partial charge in [-0.1, -0.05) is 18.9 Å². The number of halogens is 1. The summed E-state index contributed by atoms with van der Waals surface area (Å²) in [4.78, 5) is 19.2. The molecule has 2 atom stereocenters. The first-order valence-electron chi connectivity index (χ1n) is 9.70. The summed E-state index contributed by atoms with van der Waals surface area (Å²) < 4.78 is 5.89. The van der Waals surface area contributed by atoms with E-state index in [4.69, 9.17) is 4.74 Å². The second-order valence-corrected chi connectivity index (χ2v) is 7.73. The van der Waals surface area contributed by atoms with E-state index in [1.54, 1.807) is 4.90 Å². The maximum absolute atomic E-state index is 13.1. The van der Waals surface area contributed by atoms with Crippen molar-refractivity contribution in [3.05, 3.63) is 58.4 Å². The van der Waals surface area contributed by atoms with Crippen LogP contribution in [0.5, 0.6) is 5.75 Å². The molecule has 2 aliphatic rings. The highest BCUT2D eigenvalue weighted by atomic mass is 35.5. The molecule has 0 unspecified atom stereocenters. The summed E-state index contributed by atoms with van der Waals surface area (Å²) in [6.07, 6.45) is 5.79. The Labute approximate surface area is 172 Å². The fraction of sp³-hybridized carbons (Fsp3) is 0.455. The molecule has 1 saturated carbocycles. The largest absolute Gasteiger partial charge is 0.472 e. The second kappa shape index (κ2) is 8.50. The van der Waals surface area contributed by atoms with Gasteiger partial charge in [0.15, 0.2) is 6.73 Å². The van der Waals surface area contributed by atoms with Gasteiger partial charge in [0.25, 0.3) is 5.91 Å². The molecule has 0 bridgehead atoms. The van der Waals surface area contributed by atoms with Gasteiger partial charge in [0, 0.05) is 11.9 Å². The third-order valence-electron chi connectivity index (χ3n) is 5.75. The minimum atomic E-state index is -0.462. The van der Waals surface area contributed by atoms with Gasteiger partial charge in [0.1, 0.15) is 5.75 Å². The van der Waals surface area contributed by atoms with Crippen LogP contribution >= 0.6 is 12.4 Å². The normalized spacial score (nSPS) is 21.5. The first kappa shape index (κ1) is 20.6. The molecule has 0 saturated heterocycles. The minimum Gasteiger partial charge on any atom is -0.472 e. The molecule has 1 aromatic heterocycles. The number of pyridine rings is 1. The van der Waals surface area contributed by atoms with E-state index in [1.807, 2.05) is 38.2 Å². The summed E-state index contributed by atoms with van der Waals surface area (Å²) in [5, 5.41) is 10.3. The third-order valence-corrected chi connectivity index (χ3v) is 5.75. The summed E-state index contributed by atoms with van der Waals surface area (Å²) in [5.74, 6) is 0.607. The Kier molecular flexibility index (Phi) is 6.26. The lowest BCUT2D eigenvalue weighted by atomic mass is 9.90. The van der Waals surface area contributed by atoms with Gasteiger partial charge in [-0.25, -0.2) is 0 Å². The molecule has 28 heavy (non-hydrogen) atoms. The number of hydrogen-bond acceptors (Lipinski definition) is 4. The zero-order valence-corrected chi connectivity index (χ0v) is 17.2. The monoisotopic (exact) mass is 402 g/mol.